The Labute approximate surface area is 209 Å². The molecule has 2 amide bonds. The van der Waals surface area contributed by atoms with E-state index < -0.39 is 37.4 Å². The van der Waals surface area contributed by atoms with Gasteiger partial charge in [0.2, 0.25) is 0 Å². The van der Waals surface area contributed by atoms with Crippen LogP contribution in [0.5, 0.6) is 0 Å². The van der Waals surface area contributed by atoms with Gasteiger partial charge in [-0.25, -0.2) is 14.4 Å². The predicted octanol–water partition coefficient (Wildman–Crippen LogP) is 4.95. The maximum atomic E-state index is 13.4. The van der Waals surface area contributed by atoms with Crippen LogP contribution in [-0.4, -0.2) is 61.5 Å². The number of alkyl carbamates (subject to hydrolysis) is 1. The molecule has 1 aromatic rings. The molecule has 2 bridgehead atoms. The van der Waals surface area contributed by atoms with Crippen LogP contribution in [0.4, 0.5) is 9.59 Å². The summed E-state index contributed by atoms with van der Waals surface area (Å²) in [5.41, 5.74) is -0.891. The van der Waals surface area contributed by atoms with Gasteiger partial charge in [0, 0.05) is 20.7 Å². The van der Waals surface area contributed by atoms with Crippen molar-refractivity contribution in [2.24, 2.45) is 5.92 Å². The molecule has 35 heavy (non-hydrogen) atoms. The maximum absolute atomic E-state index is 13.4. The number of nitrogens with zero attached hydrogens (tertiary/aromatic N) is 1. The highest BCUT2D eigenvalue weighted by atomic mass is 28.3. The van der Waals surface area contributed by atoms with Gasteiger partial charge in [-0.05, 0) is 57.6 Å². The largest absolute Gasteiger partial charge is 0.458 e. The third-order valence-electron chi connectivity index (χ3n) is 6.56. The van der Waals surface area contributed by atoms with Crippen LogP contribution in [0.3, 0.4) is 0 Å². The topological polar surface area (TPSA) is 94.2 Å². The molecular formula is C26H40N2O6Si. The number of benzene rings is 1. The molecule has 3 rings (SSSR count). The fourth-order valence-electron chi connectivity index (χ4n) is 4.85. The van der Waals surface area contributed by atoms with Gasteiger partial charge in [-0.2, -0.15) is 0 Å². The summed E-state index contributed by atoms with van der Waals surface area (Å²) in [6.45, 7) is 13.0. The van der Waals surface area contributed by atoms with Crippen LogP contribution in [-0.2, 0) is 25.6 Å². The van der Waals surface area contributed by atoms with E-state index in [1.54, 1.807) is 4.90 Å². The molecule has 3 atom stereocenters. The zero-order chi connectivity index (χ0) is 25.9. The molecule has 194 valence electrons. The number of hydrogen-bond acceptors (Lipinski definition) is 6. The van der Waals surface area contributed by atoms with Crippen molar-refractivity contribution in [3.8, 4) is 0 Å². The van der Waals surface area contributed by atoms with E-state index in [1.165, 1.54) is 0 Å². The minimum atomic E-state index is -1.29. The van der Waals surface area contributed by atoms with Crippen LogP contribution in [0.25, 0.3) is 0 Å². The third kappa shape index (κ3) is 6.99. The van der Waals surface area contributed by atoms with Gasteiger partial charge in [0.1, 0.15) is 17.7 Å². The minimum Gasteiger partial charge on any atom is -0.458 e. The number of fused-ring (bicyclic) bond motifs is 2. The third-order valence-corrected chi connectivity index (χ3v) is 8.27. The fraction of sp³-hybridized carbons (Fsp3) is 0.654. The standard InChI is InChI=1S/C26H40N2O6Si/c1-25(2,3)34-22(29)26-13-12-21(28(26)24(31)33-18-19-10-8-7-9-11-19)20(16-26)17-27-23(30)32-14-15-35(4,5)6/h7-11,20-21H,12-18H2,1-6H3,(H,27,30)/t20-,21+,26-/m0/s1. The van der Waals surface area contributed by atoms with Crippen molar-refractivity contribution in [3.05, 3.63) is 35.9 Å². The molecule has 2 fully saturated rings. The SMILES string of the molecule is CC(C)(C)OC(=O)[C@]12CC[C@H]([C@H](CNC(=O)OCC[Si](C)(C)C)C1)N2C(=O)OCc1ccccc1. The molecule has 0 radical (unpaired) electrons. The van der Waals surface area contributed by atoms with Crippen LogP contribution >= 0.6 is 0 Å². The van der Waals surface area contributed by atoms with Crippen LogP contribution in [0.15, 0.2) is 30.3 Å². The lowest BCUT2D eigenvalue weighted by Crippen LogP contribution is -2.53. The number of ether oxygens (including phenoxy) is 3. The smallest absolute Gasteiger partial charge is 0.411 e. The molecule has 0 aliphatic carbocycles. The number of esters is 1. The molecule has 1 aromatic carbocycles. The Morgan fingerprint density at radius 2 is 1.80 bits per heavy atom. The van der Waals surface area contributed by atoms with Gasteiger partial charge in [-0.3, -0.25) is 4.90 Å². The second-order valence-electron chi connectivity index (χ2n) is 11.8. The molecule has 2 heterocycles. The van der Waals surface area contributed by atoms with E-state index in [1.807, 2.05) is 51.1 Å². The Morgan fingerprint density at radius 3 is 2.43 bits per heavy atom. The van der Waals surface area contributed by atoms with Crippen LogP contribution in [0.2, 0.25) is 25.7 Å². The molecule has 2 aliphatic heterocycles. The van der Waals surface area contributed by atoms with Gasteiger partial charge in [-0.1, -0.05) is 50.0 Å². The summed E-state index contributed by atoms with van der Waals surface area (Å²) in [5, 5.41) is 2.84. The summed E-state index contributed by atoms with van der Waals surface area (Å²) >= 11 is 0. The van der Waals surface area contributed by atoms with E-state index >= 15 is 0 Å². The normalized spacial score (nSPS) is 23.7. The quantitative estimate of drug-likeness (QED) is 0.306. The summed E-state index contributed by atoms with van der Waals surface area (Å²) in [4.78, 5) is 40.5. The van der Waals surface area contributed by atoms with Crippen molar-refractivity contribution in [2.45, 2.75) is 89.5 Å². The van der Waals surface area contributed by atoms with Gasteiger partial charge >= 0.3 is 18.2 Å². The molecular weight excluding hydrogens is 464 g/mol. The molecule has 0 aromatic heterocycles. The molecule has 0 spiro atoms. The maximum Gasteiger partial charge on any atom is 0.411 e. The summed E-state index contributed by atoms with van der Waals surface area (Å²) in [6.07, 6.45) is 0.598. The second-order valence-corrected chi connectivity index (χ2v) is 17.5. The monoisotopic (exact) mass is 504 g/mol. The van der Waals surface area contributed by atoms with Crippen LogP contribution in [0, 0.1) is 5.92 Å². The minimum absolute atomic E-state index is 0.0925. The summed E-state index contributed by atoms with van der Waals surface area (Å²) in [5.74, 6) is -0.505. The fourth-order valence-corrected chi connectivity index (χ4v) is 5.56. The van der Waals surface area contributed by atoms with Gasteiger partial charge in [-0.15, -0.1) is 0 Å². The van der Waals surface area contributed by atoms with Gasteiger partial charge in [0.05, 0.1) is 6.61 Å². The Hall–Kier alpha value is -2.55. The van der Waals surface area contributed by atoms with E-state index in [4.69, 9.17) is 14.2 Å². The van der Waals surface area contributed by atoms with E-state index in [9.17, 15) is 14.4 Å². The lowest BCUT2D eigenvalue weighted by molar-refractivity contribution is -0.166. The summed E-state index contributed by atoms with van der Waals surface area (Å²) < 4.78 is 16.7. The number of hydrogen-bond donors (Lipinski definition) is 1. The van der Waals surface area contributed by atoms with Crippen molar-refractivity contribution < 1.29 is 28.6 Å². The first kappa shape index (κ1) is 27.0. The average Bonchev–Trinajstić information content (AvgIpc) is 3.29. The Morgan fingerprint density at radius 1 is 1.11 bits per heavy atom. The Balaban J connectivity index is 1.68. The Bertz CT molecular complexity index is 911. The lowest BCUT2D eigenvalue weighted by atomic mass is 9.81. The van der Waals surface area contributed by atoms with Crippen LogP contribution < -0.4 is 5.32 Å². The molecule has 2 aliphatic rings. The highest BCUT2D eigenvalue weighted by Gasteiger charge is 2.64. The van der Waals surface area contributed by atoms with Gasteiger partial charge in [0.25, 0.3) is 0 Å². The molecule has 9 heteroatoms. The van der Waals surface area contributed by atoms with Gasteiger partial charge < -0.3 is 19.5 Å². The molecule has 1 N–H and O–H groups in total. The predicted molar refractivity (Wildman–Crippen MR) is 136 cm³/mol. The molecule has 8 nitrogen and oxygen atoms in total. The average molecular weight is 505 g/mol. The van der Waals surface area contributed by atoms with Crippen molar-refractivity contribution >= 4 is 26.2 Å². The number of carbonyl (C=O) groups is 3. The molecule has 2 saturated heterocycles. The highest BCUT2D eigenvalue weighted by Crippen LogP contribution is 2.51. The van der Waals surface area contributed by atoms with E-state index in [0.29, 0.717) is 32.4 Å². The zero-order valence-electron chi connectivity index (χ0n) is 21.9. The van der Waals surface area contributed by atoms with Crippen molar-refractivity contribution in [2.75, 3.05) is 13.2 Å². The first-order chi connectivity index (χ1) is 16.3. The van der Waals surface area contributed by atoms with Crippen molar-refractivity contribution in [1.82, 2.24) is 10.2 Å². The van der Waals surface area contributed by atoms with Crippen molar-refractivity contribution in [3.63, 3.8) is 0 Å². The highest BCUT2D eigenvalue weighted by molar-refractivity contribution is 6.76. The number of amides is 2. The van der Waals surface area contributed by atoms with E-state index in [2.05, 4.69) is 25.0 Å². The van der Waals surface area contributed by atoms with Crippen molar-refractivity contribution in [1.29, 1.82) is 0 Å². The lowest BCUT2D eigenvalue weighted by Gasteiger charge is -2.34. The Kier molecular flexibility index (Phi) is 8.19. The number of rotatable bonds is 8. The van der Waals surface area contributed by atoms with E-state index in [-0.39, 0.29) is 18.6 Å². The number of carbonyl (C=O) groups excluding carboxylic acids is 3. The molecule has 0 unspecified atom stereocenters. The zero-order valence-corrected chi connectivity index (χ0v) is 22.9. The summed E-state index contributed by atoms with van der Waals surface area (Å²) in [6, 6.07) is 10.1. The first-order valence-corrected chi connectivity index (χ1v) is 16.2. The first-order valence-electron chi connectivity index (χ1n) is 12.4. The number of nitrogens with one attached hydrogen (secondary N) is 1. The van der Waals surface area contributed by atoms with E-state index in [0.717, 1.165) is 11.6 Å². The second kappa shape index (κ2) is 10.6. The van der Waals surface area contributed by atoms with Crippen LogP contribution in [0.1, 0.15) is 45.6 Å². The van der Waals surface area contributed by atoms with Gasteiger partial charge in [0.15, 0.2) is 0 Å². The molecule has 0 saturated carbocycles. The summed E-state index contributed by atoms with van der Waals surface area (Å²) in [7, 11) is -1.29.